The molecule has 0 saturated heterocycles. The smallest absolute Gasteiger partial charge is 0.271 e. The van der Waals surface area contributed by atoms with Gasteiger partial charge in [0.15, 0.2) is 0 Å². The third-order valence-corrected chi connectivity index (χ3v) is 4.12. The SMILES string of the molecule is O=C(c1ccc(Cl)cc1)N(Cc1ccccc1)c1cccc([N+](=O)[O-])c1. The average molecular weight is 367 g/mol. The summed E-state index contributed by atoms with van der Waals surface area (Å²) >= 11 is 5.90. The third kappa shape index (κ3) is 4.07. The van der Waals surface area contributed by atoms with Crippen LogP contribution in [0.1, 0.15) is 15.9 Å². The Bertz CT molecular complexity index is 927. The van der Waals surface area contributed by atoms with Gasteiger partial charge in [-0.2, -0.15) is 0 Å². The first kappa shape index (κ1) is 17.6. The molecule has 3 aromatic carbocycles. The largest absolute Gasteiger partial charge is 0.304 e. The van der Waals surface area contributed by atoms with Crippen molar-refractivity contribution in [3.05, 3.63) is 105 Å². The summed E-state index contributed by atoms with van der Waals surface area (Å²) in [6, 6.07) is 22.1. The van der Waals surface area contributed by atoms with E-state index in [-0.39, 0.29) is 11.6 Å². The van der Waals surface area contributed by atoms with Gasteiger partial charge in [0, 0.05) is 22.7 Å². The first-order valence-corrected chi connectivity index (χ1v) is 8.28. The fourth-order valence-corrected chi connectivity index (χ4v) is 2.70. The molecule has 0 aliphatic heterocycles. The summed E-state index contributed by atoms with van der Waals surface area (Å²) in [5.41, 5.74) is 1.77. The standard InChI is InChI=1S/C20H15ClN2O3/c21-17-11-9-16(10-12-17)20(24)22(14-15-5-2-1-3-6-15)18-7-4-8-19(13-18)23(25)26/h1-13H,14H2. The highest BCUT2D eigenvalue weighted by Crippen LogP contribution is 2.25. The lowest BCUT2D eigenvalue weighted by Gasteiger charge is -2.23. The predicted octanol–water partition coefficient (Wildman–Crippen LogP) is 5.10. The van der Waals surface area contributed by atoms with Crippen LogP contribution >= 0.6 is 11.6 Å². The molecule has 0 bridgehead atoms. The minimum Gasteiger partial charge on any atom is -0.304 e. The number of halogens is 1. The van der Waals surface area contributed by atoms with E-state index in [2.05, 4.69) is 0 Å². The number of non-ortho nitro benzene ring substituents is 1. The van der Waals surface area contributed by atoms with Gasteiger partial charge in [-0.3, -0.25) is 14.9 Å². The molecule has 130 valence electrons. The molecule has 0 aromatic heterocycles. The number of hydrogen-bond acceptors (Lipinski definition) is 3. The van der Waals surface area contributed by atoms with E-state index in [9.17, 15) is 14.9 Å². The highest BCUT2D eigenvalue weighted by Gasteiger charge is 2.20. The van der Waals surface area contributed by atoms with Crippen molar-refractivity contribution < 1.29 is 9.72 Å². The van der Waals surface area contributed by atoms with E-state index >= 15 is 0 Å². The topological polar surface area (TPSA) is 63.5 Å². The summed E-state index contributed by atoms with van der Waals surface area (Å²) in [5, 5.41) is 11.6. The number of rotatable bonds is 5. The Morgan fingerprint density at radius 1 is 0.962 bits per heavy atom. The molecule has 0 unspecified atom stereocenters. The van der Waals surface area contributed by atoms with Crippen molar-refractivity contribution in [2.75, 3.05) is 4.90 Å². The van der Waals surface area contributed by atoms with Crippen LogP contribution in [0.25, 0.3) is 0 Å². The Labute approximate surface area is 155 Å². The fraction of sp³-hybridized carbons (Fsp3) is 0.0500. The molecule has 3 aromatic rings. The van der Waals surface area contributed by atoms with E-state index in [1.54, 1.807) is 36.4 Å². The summed E-state index contributed by atoms with van der Waals surface area (Å²) < 4.78 is 0. The molecule has 0 N–H and O–H groups in total. The lowest BCUT2D eigenvalue weighted by molar-refractivity contribution is -0.384. The van der Waals surface area contributed by atoms with Crippen LogP contribution in [0.5, 0.6) is 0 Å². The van der Waals surface area contributed by atoms with Gasteiger partial charge in [-0.15, -0.1) is 0 Å². The summed E-state index contributed by atoms with van der Waals surface area (Å²) in [4.78, 5) is 25.2. The van der Waals surface area contributed by atoms with E-state index in [1.165, 1.54) is 17.0 Å². The Balaban J connectivity index is 2.01. The molecule has 0 atom stereocenters. The molecule has 0 heterocycles. The van der Waals surface area contributed by atoms with Crippen molar-refractivity contribution in [2.45, 2.75) is 6.54 Å². The zero-order chi connectivity index (χ0) is 18.5. The normalized spacial score (nSPS) is 10.3. The van der Waals surface area contributed by atoms with E-state index in [0.717, 1.165) is 5.56 Å². The second-order valence-corrected chi connectivity index (χ2v) is 6.10. The second kappa shape index (κ2) is 7.80. The quantitative estimate of drug-likeness (QED) is 0.466. The fourth-order valence-electron chi connectivity index (χ4n) is 2.57. The summed E-state index contributed by atoms with van der Waals surface area (Å²) in [6.45, 7) is 0.295. The van der Waals surface area contributed by atoms with Crippen LogP contribution in [0.2, 0.25) is 5.02 Å². The van der Waals surface area contributed by atoms with E-state index < -0.39 is 4.92 Å². The number of hydrogen-bond donors (Lipinski definition) is 0. The lowest BCUT2D eigenvalue weighted by atomic mass is 10.1. The van der Waals surface area contributed by atoms with Crippen LogP contribution in [-0.4, -0.2) is 10.8 Å². The maximum absolute atomic E-state index is 13.1. The van der Waals surface area contributed by atoms with Gasteiger partial charge in [0.05, 0.1) is 17.2 Å². The number of anilines is 1. The van der Waals surface area contributed by atoms with Crippen LogP contribution < -0.4 is 4.90 Å². The monoisotopic (exact) mass is 366 g/mol. The number of nitrogens with zero attached hydrogens (tertiary/aromatic N) is 2. The number of nitro groups is 1. The van der Waals surface area contributed by atoms with Crippen LogP contribution in [-0.2, 0) is 6.54 Å². The van der Waals surface area contributed by atoms with Gasteiger partial charge >= 0.3 is 0 Å². The molecule has 6 heteroatoms. The molecule has 0 fully saturated rings. The molecule has 5 nitrogen and oxygen atoms in total. The van der Waals surface area contributed by atoms with E-state index in [1.807, 2.05) is 30.3 Å². The van der Waals surface area contributed by atoms with Gasteiger partial charge in [0.25, 0.3) is 11.6 Å². The highest BCUT2D eigenvalue weighted by molar-refractivity contribution is 6.30. The first-order valence-electron chi connectivity index (χ1n) is 7.90. The van der Waals surface area contributed by atoms with Crippen LogP contribution in [0.4, 0.5) is 11.4 Å². The number of nitro benzene ring substituents is 1. The summed E-state index contributed by atoms with van der Waals surface area (Å²) in [5.74, 6) is -0.258. The van der Waals surface area contributed by atoms with Crippen LogP contribution in [0.15, 0.2) is 78.9 Å². The van der Waals surface area contributed by atoms with Gasteiger partial charge in [0.2, 0.25) is 0 Å². The minimum absolute atomic E-state index is 0.0653. The molecule has 0 spiro atoms. The Hall–Kier alpha value is -3.18. The number of amides is 1. The Morgan fingerprint density at radius 3 is 2.31 bits per heavy atom. The average Bonchev–Trinajstić information content (AvgIpc) is 2.67. The zero-order valence-electron chi connectivity index (χ0n) is 13.7. The van der Waals surface area contributed by atoms with Gasteiger partial charge in [-0.05, 0) is 35.9 Å². The molecule has 0 saturated carbocycles. The van der Waals surface area contributed by atoms with E-state index in [0.29, 0.717) is 22.8 Å². The first-order chi connectivity index (χ1) is 12.5. The van der Waals surface area contributed by atoms with Crippen LogP contribution in [0, 0.1) is 10.1 Å². The second-order valence-electron chi connectivity index (χ2n) is 5.66. The molecular weight excluding hydrogens is 352 g/mol. The Kier molecular flexibility index (Phi) is 5.29. The van der Waals surface area contributed by atoms with Crippen molar-refractivity contribution in [1.29, 1.82) is 0 Å². The summed E-state index contributed by atoms with van der Waals surface area (Å²) in [6.07, 6.45) is 0. The van der Waals surface area contributed by atoms with Gasteiger partial charge in [-0.1, -0.05) is 48.0 Å². The van der Waals surface area contributed by atoms with Crippen molar-refractivity contribution in [3.8, 4) is 0 Å². The number of carbonyl (C=O) groups is 1. The zero-order valence-corrected chi connectivity index (χ0v) is 14.5. The molecule has 3 rings (SSSR count). The summed E-state index contributed by atoms with van der Waals surface area (Å²) in [7, 11) is 0. The van der Waals surface area contributed by atoms with E-state index in [4.69, 9.17) is 11.6 Å². The molecule has 26 heavy (non-hydrogen) atoms. The predicted molar refractivity (Wildman–Crippen MR) is 102 cm³/mol. The molecular formula is C20H15ClN2O3. The minimum atomic E-state index is -0.475. The Morgan fingerprint density at radius 2 is 1.65 bits per heavy atom. The van der Waals surface area contributed by atoms with Crippen molar-refractivity contribution in [3.63, 3.8) is 0 Å². The van der Waals surface area contributed by atoms with Crippen molar-refractivity contribution in [1.82, 2.24) is 0 Å². The van der Waals surface area contributed by atoms with Gasteiger partial charge in [0.1, 0.15) is 0 Å². The number of carbonyl (C=O) groups excluding carboxylic acids is 1. The van der Waals surface area contributed by atoms with Crippen molar-refractivity contribution >= 4 is 28.9 Å². The third-order valence-electron chi connectivity index (χ3n) is 3.87. The van der Waals surface area contributed by atoms with Gasteiger partial charge < -0.3 is 4.90 Å². The molecule has 0 aliphatic rings. The lowest BCUT2D eigenvalue weighted by Crippen LogP contribution is -2.30. The van der Waals surface area contributed by atoms with Gasteiger partial charge in [-0.25, -0.2) is 0 Å². The highest BCUT2D eigenvalue weighted by atomic mass is 35.5. The maximum Gasteiger partial charge on any atom is 0.271 e. The van der Waals surface area contributed by atoms with Crippen molar-refractivity contribution in [2.24, 2.45) is 0 Å². The molecule has 0 aliphatic carbocycles. The molecule has 0 radical (unpaired) electrons. The maximum atomic E-state index is 13.1. The van der Waals surface area contributed by atoms with Crippen LogP contribution in [0.3, 0.4) is 0 Å². The number of benzene rings is 3. The molecule has 1 amide bonds.